The number of nitrogens with zero attached hydrogens (tertiary/aromatic N) is 2. The Kier molecular flexibility index (Phi) is 5.25. The number of alkyl halides is 3. The number of rotatable bonds is 4. The van der Waals surface area contributed by atoms with E-state index in [0.29, 0.717) is 11.9 Å². The third kappa shape index (κ3) is 4.59. The highest BCUT2D eigenvalue weighted by molar-refractivity contribution is 14.1. The van der Waals surface area contributed by atoms with Crippen molar-refractivity contribution in [1.29, 1.82) is 0 Å². The average Bonchev–Trinajstić information content (AvgIpc) is 2.56. The highest BCUT2D eigenvalue weighted by Crippen LogP contribution is 2.35. The fraction of sp³-hybridized carbons (Fsp3) is 0.0588. The maximum Gasteiger partial charge on any atom is 0.421 e. The van der Waals surface area contributed by atoms with E-state index in [-0.39, 0.29) is 11.6 Å². The molecule has 134 valence electrons. The van der Waals surface area contributed by atoms with Crippen molar-refractivity contribution in [1.82, 2.24) is 9.97 Å². The van der Waals surface area contributed by atoms with Gasteiger partial charge < -0.3 is 10.6 Å². The van der Waals surface area contributed by atoms with Gasteiger partial charge in [0.15, 0.2) is 0 Å². The van der Waals surface area contributed by atoms with E-state index >= 15 is 0 Å². The van der Waals surface area contributed by atoms with Crippen LogP contribution in [0.1, 0.15) is 5.56 Å². The first-order valence-corrected chi connectivity index (χ1v) is 8.38. The Balaban J connectivity index is 1.94. The number of benzene rings is 2. The molecule has 0 bridgehead atoms. The largest absolute Gasteiger partial charge is 0.421 e. The van der Waals surface area contributed by atoms with Gasteiger partial charge in [-0.1, -0.05) is 6.07 Å². The van der Waals surface area contributed by atoms with Gasteiger partial charge in [0.25, 0.3) is 0 Å². The molecule has 1 heterocycles. The van der Waals surface area contributed by atoms with Crippen LogP contribution in [0.3, 0.4) is 0 Å². The van der Waals surface area contributed by atoms with Gasteiger partial charge in [-0.25, -0.2) is 9.37 Å². The second kappa shape index (κ2) is 7.44. The number of hydrogen-bond acceptors (Lipinski definition) is 4. The molecule has 9 heteroatoms. The standard InChI is InChI=1S/C17H11F4IN4/c18-10-2-1-3-13(8-10)24-15-14(17(19,20)21)9-23-16(26-15)25-12-6-4-11(22)5-7-12/h1-9H,(H2,23,24,25,26). The Hall–Kier alpha value is -2.43. The first-order chi connectivity index (χ1) is 12.3. The molecule has 0 aliphatic rings. The van der Waals surface area contributed by atoms with Crippen LogP contribution in [-0.4, -0.2) is 9.97 Å². The monoisotopic (exact) mass is 474 g/mol. The number of halogens is 5. The second-order valence-electron chi connectivity index (χ2n) is 5.22. The number of aromatic nitrogens is 2. The molecule has 26 heavy (non-hydrogen) atoms. The van der Waals surface area contributed by atoms with Crippen molar-refractivity contribution in [2.45, 2.75) is 6.18 Å². The summed E-state index contributed by atoms with van der Waals surface area (Å²) >= 11 is 2.14. The first-order valence-electron chi connectivity index (χ1n) is 7.31. The minimum absolute atomic E-state index is 0.0156. The second-order valence-corrected chi connectivity index (χ2v) is 6.47. The molecular formula is C17H11F4IN4. The van der Waals surface area contributed by atoms with Crippen molar-refractivity contribution in [3.63, 3.8) is 0 Å². The lowest BCUT2D eigenvalue weighted by Gasteiger charge is -2.15. The lowest BCUT2D eigenvalue weighted by molar-refractivity contribution is -0.137. The van der Waals surface area contributed by atoms with Gasteiger partial charge in [0.1, 0.15) is 17.2 Å². The molecule has 0 radical (unpaired) electrons. The van der Waals surface area contributed by atoms with Crippen LogP contribution in [0, 0.1) is 9.39 Å². The van der Waals surface area contributed by atoms with Crippen LogP contribution in [0.4, 0.5) is 40.7 Å². The lowest BCUT2D eigenvalue weighted by atomic mass is 10.2. The summed E-state index contributed by atoms with van der Waals surface area (Å²) in [6.07, 6.45) is -3.97. The predicted octanol–water partition coefficient (Wildman–Crippen LogP) is 5.73. The molecule has 4 nitrogen and oxygen atoms in total. The summed E-state index contributed by atoms with van der Waals surface area (Å²) in [6, 6.07) is 12.3. The van der Waals surface area contributed by atoms with Crippen LogP contribution in [-0.2, 0) is 6.18 Å². The Morgan fingerprint density at radius 2 is 1.65 bits per heavy atom. The Morgan fingerprint density at radius 1 is 0.923 bits per heavy atom. The fourth-order valence-corrected chi connectivity index (χ4v) is 2.47. The molecule has 0 unspecified atom stereocenters. The van der Waals surface area contributed by atoms with Crippen LogP contribution in [0.25, 0.3) is 0 Å². The summed E-state index contributed by atoms with van der Waals surface area (Å²) in [5, 5.41) is 5.34. The van der Waals surface area contributed by atoms with E-state index in [1.165, 1.54) is 18.2 Å². The summed E-state index contributed by atoms with van der Waals surface area (Å²) in [4.78, 5) is 7.63. The van der Waals surface area contributed by atoms with E-state index < -0.39 is 23.4 Å². The molecule has 0 aliphatic heterocycles. The summed E-state index contributed by atoms with van der Waals surface area (Å²) in [6.45, 7) is 0. The summed E-state index contributed by atoms with van der Waals surface area (Å²) < 4.78 is 54.0. The van der Waals surface area contributed by atoms with Gasteiger partial charge in [0.05, 0.1) is 0 Å². The van der Waals surface area contributed by atoms with E-state index in [0.717, 1.165) is 9.64 Å². The van der Waals surface area contributed by atoms with Crippen molar-refractivity contribution in [3.05, 3.63) is 69.7 Å². The summed E-state index contributed by atoms with van der Waals surface area (Å²) in [5.41, 5.74) is -0.272. The van der Waals surface area contributed by atoms with Gasteiger partial charge in [-0.3, -0.25) is 0 Å². The van der Waals surface area contributed by atoms with E-state index in [9.17, 15) is 17.6 Å². The maximum atomic E-state index is 13.3. The van der Waals surface area contributed by atoms with Crippen molar-refractivity contribution >= 4 is 45.7 Å². The maximum absolute atomic E-state index is 13.3. The van der Waals surface area contributed by atoms with Gasteiger partial charge >= 0.3 is 6.18 Å². The van der Waals surface area contributed by atoms with Gasteiger partial charge in [0, 0.05) is 21.1 Å². The molecule has 2 N–H and O–H groups in total. The van der Waals surface area contributed by atoms with Crippen LogP contribution in [0.2, 0.25) is 0 Å². The van der Waals surface area contributed by atoms with E-state index in [2.05, 4.69) is 43.2 Å². The zero-order valence-electron chi connectivity index (χ0n) is 13.0. The quantitative estimate of drug-likeness (QED) is 0.375. The molecular weight excluding hydrogens is 463 g/mol. The van der Waals surface area contributed by atoms with E-state index in [1.807, 2.05) is 12.1 Å². The molecule has 0 saturated carbocycles. The summed E-state index contributed by atoms with van der Waals surface area (Å²) in [7, 11) is 0. The molecule has 0 spiro atoms. The Labute approximate surface area is 159 Å². The lowest BCUT2D eigenvalue weighted by Crippen LogP contribution is -2.12. The molecule has 3 aromatic rings. The molecule has 0 amide bonds. The van der Waals surface area contributed by atoms with Gasteiger partial charge in [0.2, 0.25) is 5.95 Å². The molecule has 0 saturated heterocycles. The smallest absolute Gasteiger partial charge is 0.339 e. The molecule has 0 aliphatic carbocycles. The van der Waals surface area contributed by atoms with Crippen LogP contribution in [0.5, 0.6) is 0 Å². The average molecular weight is 474 g/mol. The van der Waals surface area contributed by atoms with E-state index in [1.54, 1.807) is 12.1 Å². The SMILES string of the molecule is Fc1cccc(Nc2nc(Nc3ccc(I)cc3)ncc2C(F)(F)F)c1. The van der Waals surface area contributed by atoms with Crippen molar-refractivity contribution < 1.29 is 17.6 Å². The molecule has 0 fully saturated rings. The molecule has 1 aromatic heterocycles. The van der Waals surface area contributed by atoms with Gasteiger partial charge in [-0.05, 0) is 65.1 Å². The number of hydrogen-bond donors (Lipinski definition) is 2. The molecule has 2 aromatic carbocycles. The number of anilines is 4. The van der Waals surface area contributed by atoms with Crippen LogP contribution < -0.4 is 10.6 Å². The van der Waals surface area contributed by atoms with Crippen LogP contribution >= 0.6 is 22.6 Å². The molecule has 0 atom stereocenters. The van der Waals surface area contributed by atoms with Gasteiger partial charge in [-0.2, -0.15) is 18.2 Å². The third-order valence-electron chi connectivity index (χ3n) is 3.28. The highest BCUT2D eigenvalue weighted by Gasteiger charge is 2.35. The third-order valence-corrected chi connectivity index (χ3v) is 4.00. The first kappa shape index (κ1) is 18.4. The molecule has 3 rings (SSSR count). The van der Waals surface area contributed by atoms with Crippen LogP contribution in [0.15, 0.2) is 54.7 Å². The predicted molar refractivity (Wildman–Crippen MR) is 99.2 cm³/mol. The van der Waals surface area contributed by atoms with Crippen molar-refractivity contribution in [3.8, 4) is 0 Å². The highest BCUT2D eigenvalue weighted by atomic mass is 127. The minimum Gasteiger partial charge on any atom is -0.339 e. The topological polar surface area (TPSA) is 49.8 Å². The zero-order valence-corrected chi connectivity index (χ0v) is 15.1. The fourth-order valence-electron chi connectivity index (χ4n) is 2.11. The zero-order chi connectivity index (χ0) is 18.7. The minimum atomic E-state index is -4.66. The van der Waals surface area contributed by atoms with Crippen molar-refractivity contribution in [2.75, 3.05) is 10.6 Å². The Morgan fingerprint density at radius 3 is 2.31 bits per heavy atom. The normalized spacial score (nSPS) is 11.3. The van der Waals surface area contributed by atoms with E-state index in [4.69, 9.17) is 0 Å². The Bertz CT molecular complexity index is 913. The number of nitrogens with one attached hydrogen (secondary N) is 2. The summed E-state index contributed by atoms with van der Waals surface area (Å²) in [5.74, 6) is -1.06. The van der Waals surface area contributed by atoms with Crippen molar-refractivity contribution in [2.24, 2.45) is 0 Å². The van der Waals surface area contributed by atoms with Gasteiger partial charge in [-0.15, -0.1) is 0 Å².